The second-order valence-electron chi connectivity index (χ2n) is 4.77. The highest BCUT2D eigenvalue weighted by molar-refractivity contribution is 8.26. The molecule has 1 aromatic rings. The van der Waals surface area contributed by atoms with Crippen LogP contribution < -0.4 is 4.90 Å². The van der Waals surface area contributed by atoms with Crippen LogP contribution >= 0.6 is 35.7 Å². The van der Waals surface area contributed by atoms with Gasteiger partial charge in [0.15, 0.2) is 0 Å². The molecule has 1 fully saturated rings. The molecule has 3 rings (SSSR count). The van der Waals surface area contributed by atoms with Crippen molar-refractivity contribution in [1.82, 2.24) is 4.90 Å². The number of amides is 1. The molecule has 0 aliphatic carbocycles. The fourth-order valence-corrected chi connectivity index (χ4v) is 4.89. The van der Waals surface area contributed by atoms with Gasteiger partial charge in [-0.1, -0.05) is 47.9 Å². The van der Waals surface area contributed by atoms with E-state index >= 15 is 0 Å². The monoisotopic (exact) mass is 348 g/mol. The van der Waals surface area contributed by atoms with Crippen molar-refractivity contribution in [1.29, 1.82) is 0 Å². The van der Waals surface area contributed by atoms with Crippen LogP contribution in [-0.2, 0) is 4.79 Å². The average molecular weight is 349 g/mol. The highest BCUT2D eigenvalue weighted by Gasteiger charge is 2.30. The summed E-state index contributed by atoms with van der Waals surface area (Å²) in [5.74, 6) is 0.0120. The van der Waals surface area contributed by atoms with Crippen LogP contribution in [0, 0.1) is 0 Å². The Kier molecular flexibility index (Phi) is 4.61. The Morgan fingerprint density at radius 2 is 1.82 bits per heavy atom. The summed E-state index contributed by atoms with van der Waals surface area (Å²) in [7, 11) is 0. The lowest BCUT2D eigenvalue weighted by molar-refractivity contribution is -0.122. The molecule has 22 heavy (non-hydrogen) atoms. The fourth-order valence-electron chi connectivity index (χ4n) is 2.44. The maximum absolute atomic E-state index is 12.2. The maximum atomic E-state index is 12.2. The Hall–Kier alpha value is -1.24. The van der Waals surface area contributed by atoms with Gasteiger partial charge in [-0.25, -0.2) is 0 Å². The first kappa shape index (κ1) is 15.6. The first-order chi connectivity index (χ1) is 10.7. The molecule has 0 saturated carbocycles. The number of para-hydroxylation sites is 1. The van der Waals surface area contributed by atoms with Gasteiger partial charge in [-0.05, 0) is 38.1 Å². The number of rotatable bonds is 3. The van der Waals surface area contributed by atoms with E-state index in [1.165, 1.54) is 22.3 Å². The van der Waals surface area contributed by atoms with E-state index in [-0.39, 0.29) is 5.91 Å². The Bertz CT molecular complexity index is 696. The number of thiocarbonyl (C=S) groups is 1. The standard InChI is InChI=1S/C16H16N2OS3/c1-3-17-11-7-5-6-8-12(11)21-14(17)10-9-13-15(19)18(4-2)16(20)22-13/h5-10H,3-4H2,1-2H3/b13-9+,14-10-. The highest BCUT2D eigenvalue weighted by atomic mass is 32.2. The van der Waals surface area contributed by atoms with Gasteiger partial charge >= 0.3 is 0 Å². The molecule has 114 valence electrons. The number of carbonyl (C=O) groups is 1. The summed E-state index contributed by atoms with van der Waals surface area (Å²) < 4.78 is 0.645. The maximum Gasteiger partial charge on any atom is 0.266 e. The minimum atomic E-state index is 0.0120. The van der Waals surface area contributed by atoms with Crippen molar-refractivity contribution < 1.29 is 4.79 Å². The van der Waals surface area contributed by atoms with E-state index in [1.807, 2.05) is 19.1 Å². The normalized spacial score (nSPS) is 21.4. The van der Waals surface area contributed by atoms with E-state index in [9.17, 15) is 4.79 Å². The average Bonchev–Trinajstić information content (AvgIpc) is 3.01. The third-order valence-electron chi connectivity index (χ3n) is 3.52. The minimum Gasteiger partial charge on any atom is -0.335 e. The van der Waals surface area contributed by atoms with Crippen molar-refractivity contribution in [3.05, 3.63) is 46.4 Å². The summed E-state index contributed by atoms with van der Waals surface area (Å²) in [6.07, 6.45) is 3.92. The van der Waals surface area contributed by atoms with E-state index in [4.69, 9.17) is 12.2 Å². The highest BCUT2D eigenvalue weighted by Crippen LogP contribution is 2.45. The van der Waals surface area contributed by atoms with Crippen LogP contribution in [0.15, 0.2) is 51.2 Å². The van der Waals surface area contributed by atoms with Gasteiger partial charge in [0.25, 0.3) is 5.91 Å². The van der Waals surface area contributed by atoms with Gasteiger partial charge < -0.3 is 4.90 Å². The van der Waals surface area contributed by atoms with Crippen molar-refractivity contribution in [3.63, 3.8) is 0 Å². The molecular weight excluding hydrogens is 332 g/mol. The molecule has 2 aliphatic rings. The predicted molar refractivity (Wildman–Crippen MR) is 99.1 cm³/mol. The second kappa shape index (κ2) is 6.48. The van der Waals surface area contributed by atoms with Gasteiger partial charge in [-0.2, -0.15) is 0 Å². The van der Waals surface area contributed by atoms with E-state index < -0.39 is 0 Å². The first-order valence-electron chi connectivity index (χ1n) is 7.15. The zero-order valence-electron chi connectivity index (χ0n) is 12.4. The molecule has 0 unspecified atom stereocenters. The molecule has 2 heterocycles. The number of thioether (sulfide) groups is 2. The summed E-state index contributed by atoms with van der Waals surface area (Å²) in [6, 6.07) is 8.36. The predicted octanol–water partition coefficient (Wildman–Crippen LogP) is 4.22. The molecule has 0 atom stereocenters. The Morgan fingerprint density at radius 3 is 2.50 bits per heavy atom. The van der Waals surface area contributed by atoms with Crippen molar-refractivity contribution >= 4 is 51.7 Å². The van der Waals surface area contributed by atoms with Gasteiger partial charge in [-0.15, -0.1) is 0 Å². The summed E-state index contributed by atoms with van der Waals surface area (Å²) in [5.41, 5.74) is 1.23. The molecule has 2 aliphatic heterocycles. The zero-order chi connectivity index (χ0) is 15.7. The van der Waals surface area contributed by atoms with Crippen LogP contribution in [0.1, 0.15) is 13.8 Å². The van der Waals surface area contributed by atoms with Crippen molar-refractivity contribution in [2.75, 3.05) is 18.0 Å². The number of benzene rings is 1. The minimum absolute atomic E-state index is 0.0120. The number of fused-ring (bicyclic) bond motifs is 1. The largest absolute Gasteiger partial charge is 0.335 e. The number of hydrogen-bond donors (Lipinski definition) is 0. The van der Waals surface area contributed by atoms with Crippen LogP contribution in [-0.4, -0.2) is 28.2 Å². The summed E-state index contributed by atoms with van der Waals surface area (Å²) >= 11 is 8.35. The van der Waals surface area contributed by atoms with Crippen LogP contribution in [0.2, 0.25) is 0 Å². The number of anilines is 1. The third-order valence-corrected chi connectivity index (χ3v) is 6.05. The quantitative estimate of drug-likeness (QED) is 0.601. The Labute approximate surface area is 144 Å². The van der Waals surface area contributed by atoms with Crippen molar-refractivity contribution in [2.45, 2.75) is 18.7 Å². The lowest BCUT2D eigenvalue weighted by Gasteiger charge is -2.17. The molecular formula is C16H16N2OS3. The van der Waals surface area contributed by atoms with E-state index in [2.05, 4.69) is 36.1 Å². The van der Waals surface area contributed by atoms with Crippen LogP contribution in [0.25, 0.3) is 0 Å². The lowest BCUT2D eigenvalue weighted by Crippen LogP contribution is -2.27. The molecule has 1 saturated heterocycles. The first-order valence-corrected chi connectivity index (χ1v) is 9.20. The van der Waals surface area contributed by atoms with Gasteiger partial charge in [0.1, 0.15) is 4.32 Å². The molecule has 0 N–H and O–H groups in total. The van der Waals surface area contributed by atoms with E-state index in [0.29, 0.717) is 15.8 Å². The van der Waals surface area contributed by atoms with Crippen LogP contribution in [0.4, 0.5) is 5.69 Å². The summed E-state index contributed by atoms with van der Waals surface area (Å²) in [5, 5.41) is 1.14. The number of likely N-dealkylation sites (N-methyl/N-ethyl adjacent to an activating group) is 1. The molecule has 1 aromatic carbocycles. The molecule has 1 amide bonds. The number of carbonyl (C=O) groups excluding carboxylic acids is 1. The van der Waals surface area contributed by atoms with Crippen LogP contribution in [0.3, 0.4) is 0 Å². The number of nitrogens with zero attached hydrogens (tertiary/aromatic N) is 2. The van der Waals surface area contributed by atoms with Crippen LogP contribution in [0.5, 0.6) is 0 Å². The second-order valence-corrected chi connectivity index (χ2v) is 7.51. The molecule has 0 spiro atoms. The molecule has 3 nitrogen and oxygen atoms in total. The van der Waals surface area contributed by atoms with Gasteiger partial charge in [0.05, 0.1) is 15.6 Å². The molecule has 6 heteroatoms. The van der Waals surface area contributed by atoms with Gasteiger partial charge in [-0.3, -0.25) is 9.69 Å². The fraction of sp³-hybridized carbons (Fsp3) is 0.250. The third kappa shape index (κ3) is 2.71. The van der Waals surface area contributed by atoms with E-state index in [0.717, 1.165) is 11.6 Å². The van der Waals surface area contributed by atoms with Crippen molar-refractivity contribution in [3.8, 4) is 0 Å². The lowest BCUT2D eigenvalue weighted by atomic mass is 10.3. The van der Waals surface area contributed by atoms with Crippen molar-refractivity contribution in [2.24, 2.45) is 0 Å². The topological polar surface area (TPSA) is 23.6 Å². The van der Waals surface area contributed by atoms with Gasteiger partial charge in [0, 0.05) is 18.0 Å². The number of hydrogen-bond acceptors (Lipinski definition) is 5. The van der Waals surface area contributed by atoms with E-state index in [1.54, 1.807) is 16.7 Å². The van der Waals surface area contributed by atoms with Gasteiger partial charge in [0.2, 0.25) is 0 Å². The summed E-state index contributed by atoms with van der Waals surface area (Å²) in [4.78, 5) is 18.1. The summed E-state index contributed by atoms with van der Waals surface area (Å²) in [6.45, 7) is 5.60. The Morgan fingerprint density at radius 1 is 1.09 bits per heavy atom. The zero-order valence-corrected chi connectivity index (χ0v) is 14.9. The smallest absolute Gasteiger partial charge is 0.266 e. The molecule has 0 aromatic heterocycles. The molecule has 0 bridgehead atoms. The SMILES string of the molecule is CCN1C(=O)/C(=C\C=C2/Sc3ccccc3N2CC)SC1=S. The molecule has 0 radical (unpaired) electrons. The number of allylic oxidation sites excluding steroid dienone is 2. The Balaban J connectivity index is 1.87.